The van der Waals surface area contributed by atoms with Gasteiger partial charge < -0.3 is 10.2 Å². The number of aryl methyl sites for hydroxylation is 1. The molecule has 0 radical (unpaired) electrons. The fourth-order valence-corrected chi connectivity index (χ4v) is 2.69. The fourth-order valence-electron chi connectivity index (χ4n) is 2.69. The third-order valence-corrected chi connectivity index (χ3v) is 3.89. The average molecular weight is 246 g/mol. The van der Waals surface area contributed by atoms with E-state index in [1.54, 1.807) is 0 Å². The molecule has 0 saturated carbocycles. The highest BCUT2D eigenvalue weighted by Gasteiger charge is 2.30. The lowest BCUT2D eigenvalue weighted by atomic mass is 9.90. The van der Waals surface area contributed by atoms with E-state index in [-0.39, 0.29) is 17.9 Å². The number of nitrogens with zero attached hydrogens (tertiary/aromatic N) is 1. The molecule has 3 nitrogen and oxygen atoms in total. The molecule has 98 valence electrons. The first-order valence-electron chi connectivity index (χ1n) is 6.68. The van der Waals surface area contributed by atoms with Gasteiger partial charge >= 0.3 is 0 Å². The molecule has 1 saturated heterocycles. The van der Waals surface area contributed by atoms with Crippen LogP contribution in [0.4, 0.5) is 5.69 Å². The Morgan fingerprint density at radius 2 is 2.11 bits per heavy atom. The second-order valence-corrected chi connectivity index (χ2v) is 5.18. The van der Waals surface area contributed by atoms with Crippen molar-refractivity contribution in [2.75, 3.05) is 18.5 Å². The van der Waals surface area contributed by atoms with Gasteiger partial charge in [0.15, 0.2) is 0 Å². The number of piperidine rings is 1. The summed E-state index contributed by atoms with van der Waals surface area (Å²) in [5.41, 5.74) is 2.16. The second-order valence-electron chi connectivity index (χ2n) is 5.18. The molecule has 0 aromatic heterocycles. The van der Waals surface area contributed by atoms with Gasteiger partial charge in [-0.25, -0.2) is 0 Å². The van der Waals surface area contributed by atoms with Crippen LogP contribution in [-0.2, 0) is 4.79 Å². The number of hydrogen-bond acceptors (Lipinski definition) is 2. The summed E-state index contributed by atoms with van der Waals surface area (Å²) in [4.78, 5) is 14.4. The summed E-state index contributed by atoms with van der Waals surface area (Å²) in [7, 11) is 1.88. The van der Waals surface area contributed by atoms with Crippen LogP contribution in [0.2, 0.25) is 0 Å². The van der Waals surface area contributed by atoms with E-state index in [1.807, 2.05) is 43.1 Å². The van der Waals surface area contributed by atoms with E-state index in [0.29, 0.717) is 0 Å². The Hall–Kier alpha value is -1.35. The summed E-state index contributed by atoms with van der Waals surface area (Å²) in [6.45, 7) is 5.17. The van der Waals surface area contributed by atoms with Crippen LogP contribution in [0.15, 0.2) is 24.3 Å². The van der Waals surface area contributed by atoms with Gasteiger partial charge in [0, 0.05) is 18.8 Å². The van der Waals surface area contributed by atoms with Gasteiger partial charge in [-0.05, 0) is 44.9 Å². The van der Waals surface area contributed by atoms with Crippen molar-refractivity contribution in [1.29, 1.82) is 0 Å². The van der Waals surface area contributed by atoms with E-state index in [0.717, 1.165) is 30.6 Å². The van der Waals surface area contributed by atoms with Crippen LogP contribution in [0, 0.1) is 12.8 Å². The van der Waals surface area contributed by atoms with E-state index in [4.69, 9.17) is 0 Å². The molecule has 2 rings (SSSR count). The van der Waals surface area contributed by atoms with Gasteiger partial charge in [0.1, 0.15) is 0 Å². The van der Waals surface area contributed by atoms with Crippen LogP contribution >= 0.6 is 0 Å². The third kappa shape index (κ3) is 2.56. The zero-order chi connectivity index (χ0) is 13.1. The van der Waals surface area contributed by atoms with Crippen LogP contribution < -0.4 is 10.2 Å². The maximum Gasteiger partial charge on any atom is 0.231 e. The largest absolute Gasteiger partial charge is 0.315 e. The Labute approximate surface area is 109 Å². The number of rotatable bonds is 2. The van der Waals surface area contributed by atoms with Gasteiger partial charge in [-0.1, -0.05) is 18.2 Å². The lowest BCUT2D eigenvalue weighted by molar-refractivity contribution is -0.123. The minimum Gasteiger partial charge on any atom is -0.315 e. The number of nitrogens with one attached hydrogen (secondary N) is 1. The van der Waals surface area contributed by atoms with Crippen molar-refractivity contribution in [2.24, 2.45) is 5.92 Å². The summed E-state index contributed by atoms with van der Waals surface area (Å²) in [6, 6.07) is 8.31. The van der Waals surface area contributed by atoms with Crippen molar-refractivity contribution < 1.29 is 4.79 Å². The number of carbonyl (C=O) groups is 1. The normalized spacial score (nSPS) is 23.7. The topological polar surface area (TPSA) is 32.3 Å². The number of benzene rings is 1. The molecular formula is C15H22N2O. The molecule has 3 heteroatoms. The van der Waals surface area contributed by atoms with Gasteiger partial charge in [0.2, 0.25) is 5.91 Å². The Kier molecular flexibility index (Phi) is 4.02. The average Bonchev–Trinajstić information content (AvgIpc) is 2.38. The van der Waals surface area contributed by atoms with Crippen LogP contribution in [0.3, 0.4) is 0 Å². The molecule has 1 aromatic rings. The maximum absolute atomic E-state index is 12.5. The lowest BCUT2D eigenvalue weighted by Crippen LogP contribution is -2.47. The first-order valence-corrected chi connectivity index (χ1v) is 6.68. The number of anilines is 1. The first kappa shape index (κ1) is 13.1. The Balaban J connectivity index is 2.16. The van der Waals surface area contributed by atoms with Crippen molar-refractivity contribution in [3.63, 3.8) is 0 Å². The van der Waals surface area contributed by atoms with E-state index in [2.05, 4.69) is 12.2 Å². The van der Waals surface area contributed by atoms with E-state index < -0.39 is 0 Å². The highest BCUT2D eigenvalue weighted by molar-refractivity contribution is 5.95. The van der Waals surface area contributed by atoms with Crippen molar-refractivity contribution in [1.82, 2.24) is 5.32 Å². The van der Waals surface area contributed by atoms with Crippen molar-refractivity contribution in [2.45, 2.75) is 32.7 Å². The smallest absolute Gasteiger partial charge is 0.231 e. The Morgan fingerprint density at radius 1 is 1.39 bits per heavy atom. The van der Waals surface area contributed by atoms with Gasteiger partial charge in [-0.3, -0.25) is 4.79 Å². The Morgan fingerprint density at radius 3 is 2.78 bits per heavy atom. The van der Waals surface area contributed by atoms with Gasteiger partial charge in [0.25, 0.3) is 0 Å². The van der Waals surface area contributed by atoms with E-state index >= 15 is 0 Å². The lowest BCUT2D eigenvalue weighted by Gasteiger charge is -2.32. The van der Waals surface area contributed by atoms with Crippen molar-refractivity contribution in [3.05, 3.63) is 29.8 Å². The number of para-hydroxylation sites is 1. The molecule has 18 heavy (non-hydrogen) atoms. The number of carbonyl (C=O) groups excluding carboxylic acids is 1. The molecule has 0 bridgehead atoms. The number of amides is 1. The Bertz CT molecular complexity index is 430. The van der Waals surface area contributed by atoms with Crippen molar-refractivity contribution >= 4 is 11.6 Å². The molecule has 1 amide bonds. The van der Waals surface area contributed by atoms with Gasteiger partial charge in [0.05, 0.1) is 5.92 Å². The van der Waals surface area contributed by atoms with Crippen molar-refractivity contribution in [3.8, 4) is 0 Å². The zero-order valence-corrected chi connectivity index (χ0v) is 11.4. The zero-order valence-electron chi connectivity index (χ0n) is 11.4. The highest BCUT2D eigenvalue weighted by atomic mass is 16.2. The summed E-state index contributed by atoms with van der Waals surface area (Å²) in [5.74, 6) is 0.326. The minimum absolute atomic E-state index is 0.100. The quantitative estimate of drug-likeness (QED) is 0.868. The summed E-state index contributed by atoms with van der Waals surface area (Å²) < 4.78 is 0. The SMILES string of the molecule is Cc1ccccc1N(C)C(=O)C1CCCNC1C. The minimum atomic E-state index is 0.100. The summed E-state index contributed by atoms with van der Waals surface area (Å²) in [6.07, 6.45) is 2.07. The molecule has 1 aliphatic heterocycles. The maximum atomic E-state index is 12.5. The molecule has 1 aliphatic rings. The van der Waals surface area contributed by atoms with E-state index in [1.165, 1.54) is 0 Å². The van der Waals surface area contributed by atoms with Crippen LogP contribution in [-0.4, -0.2) is 25.5 Å². The summed E-state index contributed by atoms with van der Waals surface area (Å²) >= 11 is 0. The molecule has 2 unspecified atom stereocenters. The predicted molar refractivity (Wildman–Crippen MR) is 74.8 cm³/mol. The molecule has 0 spiro atoms. The van der Waals surface area contributed by atoms with E-state index in [9.17, 15) is 4.79 Å². The van der Waals surface area contributed by atoms with Crippen LogP contribution in [0.1, 0.15) is 25.3 Å². The third-order valence-electron chi connectivity index (χ3n) is 3.89. The van der Waals surface area contributed by atoms with Gasteiger partial charge in [-0.15, -0.1) is 0 Å². The molecule has 1 N–H and O–H groups in total. The molecule has 1 aromatic carbocycles. The van der Waals surface area contributed by atoms with Crippen LogP contribution in [0.5, 0.6) is 0 Å². The molecular weight excluding hydrogens is 224 g/mol. The second kappa shape index (κ2) is 5.53. The highest BCUT2D eigenvalue weighted by Crippen LogP contribution is 2.24. The fraction of sp³-hybridized carbons (Fsp3) is 0.533. The van der Waals surface area contributed by atoms with Crippen LogP contribution in [0.25, 0.3) is 0 Å². The standard InChI is InChI=1S/C15H22N2O/c1-11-7-4-5-9-14(11)17(3)15(18)13-8-6-10-16-12(13)2/h4-5,7,9,12-13,16H,6,8,10H2,1-3H3. The molecule has 0 aliphatic carbocycles. The predicted octanol–water partition coefficient (Wildman–Crippen LogP) is 2.35. The number of hydrogen-bond donors (Lipinski definition) is 1. The molecule has 1 heterocycles. The molecule has 1 fully saturated rings. The molecule has 2 atom stereocenters. The first-order chi connectivity index (χ1) is 8.61. The monoisotopic (exact) mass is 246 g/mol. The van der Waals surface area contributed by atoms with Gasteiger partial charge in [-0.2, -0.15) is 0 Å². The summed E-state index contributed by atoms with van der Waals surface area (Å²) in [5, 5.41) is 3.39.